The second-order valence-electron chi connectivity index (χ2n) is 8.84. The first-order valence-electron chi connectivity index (χ1n) is 10.3. The molecule has 2 aromatic carbocycles. The minimum atomic E-state index is -0.265. The number of fused-ring (bicyclic) bond motifs is 5. The number of allylic oxidation sites excluding steroid dienone is 1. The predicted molar refractivity (Wildman–Crippen MR) is 108 cm³/mol. The molecule has 0 unspecified atom stereocenters. The number of hydrogen-bond donors (Lipinski definition) is 1. The summed E-state index contributed by atoms with van der Waals surface area (Å²) in [6, 6.07) is 17.1. The van der Waals surface area contributed by atoms with E-state index in [0.29, 0.717) is 24.4 Å². The van der Waals surface area contributed by atoms with Crippen LogP contribution in [0.3, 0.4) is 0 Å². The summed E-state index contributed by atoms with van der Waals surface area (Å²) in [5.41, 5.74) is 4.24. The van der Waals surface area contributed by atoms with Crippen molar-refractivity contribution in [1.29, 1.82) is 0 Å². The second-order valence-corrected chi connectivity index (χ2v) is 8.84. The van der Waals surface area contributed by atoms with Gasteiger partial charge >= 0.3 is 0 Å². The average Bonchev–Trinajstić information content (AvgIpc) is 3.01. The molecule has 5 atom stereocenters. The SMILES string of the molecule is C[C@]12CC[C@@H]3c4ccc(OCc5ccccc5)cc4CC[C@@H]3[C@@H]1C=C[C@@H]2O. The number of ether oxygens (including phenoxy) is 1. The van der Waals surface area contributed by atoms with Crippen LogP contribution in [0.2, 0.25) is 0 Å². The van der Waals surface area contributed by atoms with E-state index in [1.54, 1.807) is 0 Å². The van der Waals surface area contributed by atoms with Crippen LogP contribution in [0.1, 0.15) is 48.8 Å². The van der Waals surface area contributed by atoms with Gasteiger partial charge in [0.05, 0.1) is 6.10 Å². The van der Waals surface area contributed by atoms with E-state index in [2.05, 4.69) is 55.5 Å². The smallest absolute Gasteiger partial charge is 0.120 e. The summed E-state index contributed by atoms with van der Waals surface area (Å²) in [7, 11) is 0. The number of aliphatic hydroxyl groups is 1. The van der Waals surface area contributed by atoms with Crippen molar-refractivity contribution < 1.29 is 9.84 Å². The van der Waals surface area contributed by atoms with Crippen LogP contribution in [0.5, 0.6) is 5.75 Å². The molecule has 0 spiro atoms. The zero-order chi connectivity index (χ0) is 18.4. The maximum Gasteiger partial charge on any atom is 0.120 e. The van der Waals surface area contributed by atoms with Gasteiger partial charge in [-0.25, -0.2) is 0 Å². The van der Waals surface area contributed by atoms with Crippen molar-refractivity contribution in [3.63, 3.8) is 0 Å². The van der Waals surface area contributed by atoms with Gasteiger partial charge in [0, 0.05) is 5.41 Å². The van der Waals surface area contributed by atoms with E-state index in [0.717, 1.165) is 18.6 Å². The Morgan fingerprint density at radius 2 is 1.93 bits per heavy atom. The fourth-order valence-corrected chi connectivity index (χ4v) is 5.82. The molecule has 0 aromatic heterocycles. The predicted octanol–water partition coefficient (Wildman–Crippen LogP) is 5.26. The molecule has 140 valence electrons. The highest BCUT2D eigenvalue weighted by atomic mass is 16.5. The van der Waals surface area contributed by atoms with Crippen LogP contribution in [0.25, 0.3) is 0 Å². The van der Waals surface area contributed by atoms with Crippen LogP contribution in [-0.2, 0) is 13.0 Å². The zero-order valence-corrected chi connectivity index (χ0v) is 16.0. The summed E-state index contributed by atoms with van der Waals surface area (Å²) in [5, 5.41) is 10.5. The third-order valence-electron chi connectivity index (χ3n) is 7.42. The van der Waals surface area contributed by atoms with Gasteiger partial charge < -0.3 is 9.84 Å². The van der Waals surface area contributed by atoms with Gasteiger partial charge in [0.25, 0.3) is 0 Å². The highest BCUT2D eigenvalue weighted by Crippen LogP contribution is 2.58. The lowest BCUT2D eigenvalue weighted by atomic mass is 9.55. The molecule has 1 saturated carbocycles. The second kappa shape index (κ2) is 6.53. The van der Waals surface area contributed by atoms with Crippen LogP contribution in [0.4, 0.5) is 0 Å². The highest BCUT2D eigenvalue weighted by molar-refractivity contribution is 5.41. The number of aliphatic hydroxyl groups excluding tert-OH is 1. The van der Waals surface area contributed by atoms with E-state index in [4.69, 9.17) is 4.74 Å². The van der Waals surface area contributed by atoms with E-state index < -0.39 is 0 Å². The fourth-order valence-electron chi connectivity index (χ4n) is 5.82. The molecule has 2 nitrogen and oxygen atoms in total. The Labute approximate surface area is 161 Å². The molecular formula is C25H28O2. The topological polar surface area (TPSA) is 29.5 Å². The van der Waals surface area contributed by atoms with Gasteiger partial charge in [-0.05, 0) is 72.3 Å². The molecule has 0 aliphatic heterocycles. The molecule has 5 rings (SSSR count). The Hall–Kier alpha value is -2.06. The van der Waals surface area contributed by atoms with Crippen LogP contribution < -0.4 is 4.74 Å². The van der Waals surface area contributed by atoms with Crippen LogP contribution >= 0.6 is 0 Å². The largest absolute Gasteiger partial charge is 0.489 e. The van der Waals surface area contributed by atoms with Crippen molar-refractivity contribution in [3.8, 4) is 5.75 Å². The van der Waals surface area contributed by atoms with E-state index in [1.165, 1.54) is 29.5 Å². The molecule has 0 saturated heterocycles. The third-order valence-corrected chi connectivity index (χ3v) is 7.42. The standard InChI is InChI=1S/C25H28O2/c1-25-14-13-21-20-10-8-19(27-16-17-5-3-2-4-6-17)15-18(20)7-9-22(21)23(25)11-12-24(25)26/h2-6,8,10-12,15,21-24,26H,7,9,13-14,16H2,1H3/t21-,22+,23+,24+,25+/m1/s1. The lowest BCUT2D eigenvalue weighted by molar-refractivity contribution is -0.0101. The molecule has 3 aliphatic rings. The van der Waals surface area contributed by atoms with E-state index in [1.807, 2.05) is 12.1 Å². The van der Waals surface area contributed by atoms with Gasteiger partial charge in [-0.1, -0.05) is 55.5 Å². The van der Waals surface area contributed by atoms with Crippen molar-refractivity contribution in [2.75, 3.05) is 0 Å². The molecule has 27 heavy (non-hydrogen) atoms. The molecule has 0 bridgehead atoms. The molecule has 0 heterocycles. The minimum Gasteiger partial charge on any atom is -0.489 e. The Morgan fingerprint density at radius 3 is 2.78 bits per heavy atom. The Morgan fingerprint density at radius 1 is 1.07 bits per heavy atom. The number of rotatable bonds is 3. The van der Waals surface area contributed by atoms with Crippen molar-refractivity contribution in [1.82, 2.24) is 0 Å². The lowest BCUT2D eigenvalue weighted by Crippen LogP contribution is -2.44. The van der Waals surface area contributed by atoms with E-state index in [-0.39, 0.29) is 11.5 Å². The van der Waals surface area contributed by atoms with Gasteiger partial charge in [-0.3, -0.25) is 0 Å². The summed E-state index contributed by atoms with van der Waals surface area (Å²) >= 11 is 0. The summed E-state index contributed by atoms with van der Waals surface area (Å²) in [6.07, 6.45) is 8.73. The molecule has 2 aromatic rings. The minimum absolute atomic E-state index is 0.0530. The van der Waals surface area contributed by atoms with Gasteiger partial charge in [0.15, 0.2) is 0 Å². The van der Waals surface area contributed by atoms with Gasteiger partial charge in [-0.15, -0.1) is 0 Å². The van der Waals surface area contributed by atoms with Crippen LogP contribution in [0, 0.1) is 17.3 Å². The lowest BCUT2D eigenvalue weighted by Gasteiger charge is -2.50. The first kappa shape index (κ1) is 17.1. The number of hydrogen-bond acceptors (Lipinski definition) is 2. The van der Waals surface area contributed by atoms with Gasteiger partial charge in [0.1, 0.15) is 12.4 Å². The normalized spacial score (nSPS) is 33.9. The zero-order valence-electron chi connectivity index (χ0n) is 16.0. The van der Waals surface area contributed by atoms with Crippen molar-refractivity contribution in [2.45, 2.75) is 51.2 Å². The average molecular weight is 360 g/mol. The maximum absolute atomic E-state index is 10.5. The van der Waals surface area contributed by atoms with Crippen LogP contribution in [0.15, 0.2) is 60.7 Å². The summed E-state index contributed by atoms with van der Waals surface area (Å²) in [4.78, 5) is 0. The molecule has 0 radical (unpaired) electrons. The van der Waals surface area contributed by atoms with Crippen molar-refractivity contribution in [2.24, 2.45) is 17.3 Å². The number of benzene rings is 2. The summed E-state index contributed by atoms with van der Waals surface area (Å²) in [6.45, 7) is 2.91. The Bertz CT molecular complexity index is 856. The van der Waals surface area contributed by atoms with Crippen molar-refractivity contribution in [3.05, 3.63) is 77.4 Å². The summed E-state index contributed by atoms with van der Waals surface area (Å²) in [5.74, 6) is 2.80. The molecule has 1 fully saturated rings. The molecule has 2 heteroatoms. The van der Waals surface area contributed by atoms with E-state index >= 15 is 0 Å². The Kier molecular flexibility index (Phi) is 4.12. The molecule has 0 amide bonds. The monoisotopic (exact) mass is 360 g/mol. The van der Waals surface area contributed by atoms with E-state index in [9.17, 15) is 5.11 Å². The quantitative estimate of drug-likeness (QED) is 0.757. The highest BCUT2D eigenvalue weighted by Gasteiger charge is 2.52. The maximum atomic E-state index is 10.5. The first-order chi connectivity index (χ1) is 13.1. The summed E-state index contributed by atoms with van der Waals surface area (Å²) < 4.78 is 6.05. The first-order valence-corrected chi connectivity index (χ1v) is 10.3. The fraction of sp³-hybridized carbons (Fsp3) is 0.440. The third kappa shape index (κ3) is 2.82. The van der Waals surface area contributed by atoms with Gasteiger partial charge in [-0.2, -0.15) is 0 Å². The van der Waals surface area contributed by atoms with Gasteiger partial charge in [0.2, 0.25) is 0 Å². The number of aryl methyl sites for hydroxylation is 1. The van der Waals surface area contributed by atoms with Crippen LogP contribution in [-0.4, -0.2) is 11.2 Å². The Balaban J connectivity index is 1.35. The molecule has 1 N–H and O–H groups in total. The molecule has 3 aliphatic carbocycles. The van der Waals surface area contributed by atoms with Crippen molar-refractivity contribution >= 4 is 0 Å². The molecular weight excluding hydrogens is 332 g/mol.